The van der Waals surface area contributed by atoms with Crippen molar-refractivity contribution in [3.63, 3.8) is 0 Å². The number of rotatable bonds is 6. The molecule has 0 spiro atoms. The van der Waals surface area contributed by atoms with Gasteiger partial charge in [0.05, 0.1) is 0 Å². The molecule has 1 aromatic carbocycles. The second kappa shape index (κ2) is 6.96. The summed E-state index contributed by atoms with van der Waals surface area (Å²) in [5.74, 6) is -2.27. The van der Waals surface area contributed by atoms with Gasteiger partial charge in [-0.2, -0.15) is 13.2 Å². The van der Waals surface area contributed by atoms with E-state index in [0.29, 0.717) is 5.75 Å². The Morgan fingerprint density at radius 2 is 1.86 bits per heavy atom. The minimum atomic E-state index is -4.68. The van der Waals surface area contributed by atoms with Gasteiger partial charge in [-0.3, -0.25) is 9.59 Å². The minimum absolute atomic E-state index is 0.204. The van der Waals surface area contributed by atoms with Crippen LogP contribution in [0.15, 0.2) is 30.3 Å². The summed E-state index contributed by atoms with van der Waals surface area (Å²) >= 11 is 0. The molecule has 0 radical (unpaired) electrons. The fraction of sp³-hybridized carbons (Fsp3) is 0.385. The van der Waals surface area contributed by atoms with Crippen LogP contribution in [0.2, 0.25) is 0 Å². The molecule has 0 fully saturated rings. The molecule has 0 saturated carbocycles. The van der Waals surface area contributed by atoms with E-state index in [1.165, 1.54) is 19.1 Å². The van der Waals surface area contributed by atoms with Crippen molar-refractivity contribution in [2.45, 2.75) is 19.2 Å². The second-order valence-corrected chi connectivity index (χ2v) is 4.28. The van der Waals surface area contributed by atoms with E-state index in [1.54, 1.807) is 18.2 Å². The normalized spacial score (nSPS) is 12.6. The van der Waals surface area contributed by atoms with Gasteiger partial charge in [-0.05, 0) is 19.1 Å². The average Bonchev–Trinajstić information content (AvgIpc) is 2.36. The second-order valence-electron chi connectivity index (χ2n) is 4.28. The molecule has 0 aliphatic carbocycles. The Bertz CT molecular complexity index is 490. The molecule has 1 rings (SSSR count). The first-order chi connectivity index (χ1) is 9.69. The van der Waals surface area contributed by atoms with Crippen molar-refractivity contribution in [2.24, 2.45) is 0 Å². The molecular weight excluding hydrogens is 291 g/mol. The third-order valence-electron chi connectivity index (χ3n) is 2.41. The van der Waals surface area contributed by atoms with Crippen LogP contribution in [0.25, 0.3) is 0 Å². The largest absolute Gasteiger partial charge is 0.481 e. The first-order valence-corrected chi connectivity index (χ1v) is 5.98. The number of hydrogen-bond donors (Lipinski definition) is 1. The fourth-order valence-corrected chi connectivity index (χ4v) is 1.60. The number of alkyl halides is 3. The highest BCUT2D eigenvalue weighted by molar-refractivity contribution is 5.84. The molecule has 21 heavy (non-hydrogen) atoms. The Morgan fingerprint density at radius 1 is 1.29 bits per heavy atom. The molecule has 1 unspecified atom stereocenters. The van der Waals surface area contributed by atoms with E-state index in [0.717, 1.165) is 0 Å². The molecular formula is C13H14F3NO4. The summed E-state index contributed by atoms with van der Waals surface area (Å²) in [6.45, 7) is -1.41. The van der Waals surface area contributed by atoms with E-state index in [2.05, 4.69) is 0 Å². The van der Waals surface area contributed by atoms with Crippen LogP contribution in [-0.2, 0) is 9.59 Å². The number of benzene rings is 1. The van der Waals surface area contributed by atoms with Crippen LogP contribution >= 0.6 is 0 Å². The Hall–Kier alpha value is -2.25. The maximum atomic E-state index is 12.4. The van der Waals surface area contributed by atoms with Gasteiger partial charge in [0.15, 0.2) is 6.10 Å². The number of nitrogens with zero attached hydrogens (tertiary/aromatic N) is 1. The van der Waals surface area contributed by atoms with E-state index in [4.69, 9.17) is 9.84 Å². The molecule has 0 saturated heterocycles. The summed E-state index contributed by atoms with van der Waals surface area (Å²) in [6, 6.07) is 8.05. The molecule has 1 atom stereocenters. The number of para-hydroxylation sites is 1. The summed E-state index contributed by atoms with van der Waals surface area (Å²) in [7, 11) is 0. The third-order valence-corrected chi connectivity index (χ3v) is 2.41. The van der Waals surface area contributed by atoms with E-state index < -0.39 is 37.2 Å². The molecule has 1 aromatic rings. The molecule has 0 heterocycles. The Balaban J connectivity index is 2.76. The van der Waals surface area contributed by atoms with Crippen molar-refractivity contribution in [1.82, 2.24) is 4.90 Å². The zero-order valence-corrected chi connectivity index (χ0v) is 11.1. The molecule has 116 valence electrons. The summed E-state index contributed by atoms with van der Waals surface area (Å²) in [5.41, 5.74) is 0. The highest BCUT2D eigenvalue weighted by Gasteiger charge is 2.35. The molecule has 0 aliphatic heterocycles. The van der Waals surface area contributed by atoms with Crippen LogP contribution in [0.1, 0.15) is 6.92 Å². The summed E-state index contributed by atoms with van der Waals surface area (Å²) < 4.78 is 42.3. The van der Waals surface area contributed by atoms with Crippen molar-refractivity contribution in [3.05, 3.63) is 30.3 Å². The number of amides is 1. The van der Waals surface area contributed by atoms with Crippen LogP contribution in [0.3, 0.4) is 0 Å². The Morgan fingerprint density at radius 3 is 2.33 bits per heavy atom. The van der Waals surface area contributed by atoms with Crippen molar-refractivity contribution in [1.29, 1.82) is 0 Å². The summed E-state index contributed by atoms with van der Waals surface area (Å²) in [6.07, 6.45) is -5.91. The van der Waals surface area contributed by atoms with Gasteiger partial charge in [-0.15, -0.1) is 0 Å². The summed E-state index contributed by atoms with van der Waals surface area (Å²) in [5, 5.41) is 8.60. The number of carboxylic acids is 1. The number of carbonyl (C=O) groups is 2. The molecule has 0 bridgehead atoms. The number of hydrogen-bond acceptors (Lipinski definition) is 3. The monoisotopic (exact) mass is 305 g/mol. The number of carboxylic acid groups (broad SMARTS) is 1. The van der Waals surface area contributed by atoms with Crippen LogP contribution < -0.4 is 4.74 Å². The van der Waals surface area contributed by atoms with E-state index in [9.17, 15) is 22.8 Å². The zero-order chi connectivity index (χ0) is 16.0. The van der Waals surface area contributed by atoms with Crippen LogP contribution in [-0.4, -0.2) is 47.3 Å². The number of halogens is 3. The zero-order valence-electron chi connectivity index (χ0n) is 11.1. The minimum Gasteiger partial charge on any atom is -0.481 e. The van der Waals surface area contributed by atoms with Gasteiger partial charge in [-0.1, -0.05) is 18.2 Å². The predicted molar refractivity (Wildman–Crippen MR) is 66.8 cm³/mol. The van der Waals surface area contributed by atoms with Crippen molar-refractivity contribution in [2.75, 3.05) is 13.1 Å². The topological polar surface area (TPSA) is 66.8 Å². The quantitative estimate of drug-likeness (QED) is 0.872. The van der Waals surface area contributed by atoms with Crippen molar-refractivity contribution >= 4 is 11.9 Å². The fourth-order valence-electron chi connectivity index (χ4n) is 1.60. The van der Waals surface area contributed by atoms with Gasteiger partial charge < -0.3 is 14.7 Å². The lowest BCUT2D eigenvalue weighted by molar-refractivity contribution is -0.169. The SMILES string of the molecule is CC(Oc1ccccc1)C(=O)N(CC(=O)O)CC(F)(F)F. The first-order valence-electron chi connectivity index (χ1n) is 5.98. The standard InChI is InChI=1S/C13H14F3NO4/c1-9(21-10-5-3-2-4-6-10)12(20)17(7-11(18)19)8-13(14,15)16/h2-6,9H,7-8H2,1H3,(H,18,19). The Kier molecular flexibility index (Phi) is 5.57. The van der Waals surface area contributed by atoms with Gasteiger partial charge in [-0.25, -0.2) is 0 Å². The van der Waals surface area contributed by atoms with Crippen LogP contribution in [0.4, 0.5) is 13.2 Å². The number of carbonyl (C=O) groups excluding carboxylic acids is 1. The van der Waals surface area contributed by atoms with Gasteiger partial charge in [0.1, 0.15) is 18.8 Å². The molecule has 1 N–H and O–H groups in total. The molecule has 0 aromatic heterocycles. The van der Waals surface area contributed by atoms with E-state index in [1.807, 2.05) is 0 Å². The van der Waals surface area contributed by atoms with Gasteiger partial charge in [0.25, 0.3) is 5.91 Å². The number of ether oxygens (including phenoxy) is 1. The maximum Gasteiger partial charge on any atom is 0.406 e. The number of aliphatic carboxylic acids is 1. The third kappa shape index (κ3) is 6.15. The molecule has 1 amide bonds. The van der Waals surface area contributed by atoms with Gasteiger partial charge in [0.2, 0.25) is 0 Å². The lowest BCUT2D eigenvalue weighted by atomic mass is 10.3. The average molecular weight is 305 g/mol. The summed E-state index contributed by atoms with van der Waals surface area (Å²) in [4.78, 5) is 22.7. The lowest BCUT2D eigenvalue weighted by Crippen LogP contribution is -2.47. The van der Waals surface area contributed by atoms with Crippen LogP contribution in [0, 0.1) is 0 Å². The van der Waals surface area contributed by atoms with Crippen LogP contribution in [0.5, 0.6) is 5.75 Å². The molecule has 8 heteroatoms. The van der Waals surface area contributed by atoms with Crippen molar-refractivity contribution < 1.29 is 32.6 Å². The highest BCUT2D eigenvalue weighted by Crippen LogP contribution is 2.18. The predicted octanol–water partition coefficient (Wildman–Crippen LogP) is 1.93. The molecule has 0 aliphatic rings. The van der Waals surface area contributed by atoms with Gasteiger partial charge in [0, 0.05) is 0 Å². The Labute approximate surface area is 118 Å². The smallest absolute Gasteiger partial charge is 0.406 e. The highest BCUT2D eigenvalue weighted by atomic mass is 19.4. The van der Waals surface area contributed by atoms with Crippen molar-refractivity contribution in [3.8, 4) is 5.75 Å². The molecule has 5 nitrogen and oxygen atoms in total. The first kappa shape index (κ1) is 16.8. The maximum absolute atomic E-state index is 12.4. The van der Waals surface area contributed by atoms with E-state index in [-0.39, 0.29) is 4.90 Å². The lowest BCUT2D eigenvalue weighted by Gasteiger charge is -2.25. The van der Waals surface area contributed by atoms with Gasteiger partial charge >= 0.3 is 12.1 Å². The van der Waals surface area contributed by atoms with E-state index >= 15 is 0 Å².